The summed E-state index contributed by atoms with van der Waals surface area (Å²) in [5.74, 6) is -0.0773. The van der Waals surface area contributed by atoms with E-state index >= 15 is 0 Å². The van der Waals surface area contributed by atoms with Crippen LogP contribution in [0.5, 0.6) is 0 Å². The fraction of sp³-hybridized carbons (Fsp3) is 0.261. The highest BCUT2D eigenvalue weighted by atomic mass is 19.1. The van der Waals surface area contributed by atoms with Crippen molar-refractivity contribution in [1.29, 1.82) is 0 Å². The number of anilines is 1. The lowest BCUT2D eigenvalue weighted by Gasteiger charge is -2.09. The van der Waals surface area contributed by atoms with E-state index in [2.05, 4.69) is 32.7 Å². The van der Waals surface area contributed by atoms with Crippen LogP contribution in [0.25, 0.3) is 0 Å². The van der Waals surface area contributed by atoms with E-state index in [1.165, 1.54) is 11.6 Å². The quantitative estimate of drug-likeness (QED) is 0.541. The molecule has 0 saturated carbocycles. The number of nitrogens with one attached hydrogen (secondary N) is 2. The largest absolute Gasteiger partial charge is 0.354 e. The Balaban J connectivity index is 1.49. The molecule has 2 N–H and O–H groups in total. The summed E-state index contributed by atoms with van der Waals surface area (Å²) in [4.78, 5) is 21.0. The van der Waals surface area contributed by atoms with E-state index < -0.39 is 0 Å². The summed E-state index contributed by atoms with van der Waals surface area (Å²) in [6.07, 6.45) is 2.27. The van der Waals surface area contributed by atoms with Crippen molar-refractivity contribution in [2.24, 2.45) is 0 Å². The number of carbonyl (C=O) groups is 1. The van der Waals surface area contributed by atoms with Crippen molar-refractivity contribution in [1.82, 2.24) is 15.3 Å². The molecule has 6 heteroatoms. The van der Waals surface area contributed by atoms with Crippen LogP contribution >= 0.6 is 0 Å². The van der Waals surface area contributed by atoms with Crippen LogP contribution in [0.4, 0.5) is 10.3 Å². The van der Waals surface area contributed by atoms with Gasteiger partial charge in [0.1, 0.15) is 11.5 Å². The van der Waals surface area contributed by atoms with Gasteiger partial charge in [-0.15, -0.1) is 0 Å². The molecule has 3 rings (SSSR count). The summed E-state index contributed by atoms with van der Waals surface area (Å²) in [7, 11) is 0. The number of aromatic nitrogens is 2. The monoisotopic (exact) mass is 392 g/mol. The average Bonchev–Trinajstić information content (AvgIpc) is 2.73. The van der Waals surface area contributed by atoms with Crippen LogP contribution in [0, 0.1) is 12.7 Å². The third-order valence-electron chi connectivity index (χ3n) is 4.49. The zero-order chi connectivity index (χ0) is 20.5. The Hall–Kier alpha value is -3.28. The van der Waals surface area contributed by atoms with Gasteiger partial charge in [-0.2, -0.15) is 0 Å². The molecule has 0 atom stereocenters. The van der Waals surface area contributed by atoms with Crippen molar-refractivity contribution in [3.05, 3.63) is 89.0 Å². The fourth-order valence-corrected chi connectivity index (χ4v) is 3.00. The molecule has 3 aromatic rings. The van der Waals surface area contributed by atoms with Gasteiger partial charge in [0.05, 0.1) is 0 Å². The van der Waals surface area contributed by atoms with Gasteiger partial charge in [-0.25, -0.2) is 14.4 Å². The third kappa shape index (κ3) is 6.38. The van der Waals surface area contributed by atoms with E-state index in [4.69, 9.17) is 0 Å². The second-order valence-electron chi connectivity index (χ2n) is 6.83. The third-order valence-corrected chi connectivity index (χ3v) is 4.49. The van der Waals surface area contributed by atoms with Gasteiger partial charge in [-0.3, -0.25) is 4.79 Å². The standard InChI is InChI=1S/C23H25FN4O/c1-17-16-21(22(29)25-14-7-10-18-8-3-2-4-9-18)28-23(27-17)26-15-13-19-11-5-6-12-20(19)24/h2-6,8-9,11-12,16H,7,10,13-15H2,1H3,(H,25,29)(H,26,27,28). The van der Waals surface area contributed by atoms with Crippen LogP contribution in [0.2, 0.25) is 0 Å². The molecule has 0 radical (unpaired) electrons. The van der Waals surface area contributed by atoms with Crippen LogP contribution in [0.3, 0.4) is 0 Å². The maximum Gasteiger partial charge on any atom is 0.270 e. The summed E-state index contributed by atoms with van der Waals surface area (Å²) in [5.41, 5.74) is 2.90. The number of aryl methyl sites for hydroxylation is 2. The predicted octanol–water partition coefficient (Wildman–Crippen LogP) is 3.94. The van der Waals surface area contributed by atoms with Gasteiger partial charge >= 0.3 is 0 Å². The molecule has 0 unspecified atom stereocenters. The number of benzene rings is 2. The molecule has 0 spiro atoms. The molecule has 0 bridgehead atoms. The minimum atomic E-state index is -0.227. The Labute approximate surface area is 170 Å². The van der Waals surface area contributed by atoms with Crippen LogP contribution in [0.1, 0.15) is 33.7 Å². The molecule has 1 aromatic heterocycles. The number of hydrogen-bond acceptors (Lipinski definition) is 4. The number of carbonyl (C=O) groups excluding carboxylic acids is 1. The number of hydrogen-bond donors (Lipinski definition) is 2. The van der Waals surface area contributed by atoms with E-state index in [1.807, 2.05) is 31.2 Å². The van der Waals surface area contributed by atoms with Gasteiger partial charge in [0.25, 0.3) is 5.91 Å². The fourth-order valence-electron chi connectivity index (χ4n) is 3.00. The molecule has 1 heterocycles. The Bertz CT molecular complexity index is 947. The van der Waals surface area contributed by atoms with Crippen LogP contribution in [-0.4, -0.2) is 29.0 Å². The SMILES string of the molecule is Cc1cc(C(=O)NCCCc2ccccc2)nc(NCCc2ccccc2F)n1. The van der Waals surface area contributed by atoms with E-state index in [1.54, 1.807) is 18.2 Å². The van der Waals surface area contributed by atoms with Crippen molar-refractivity contribution in [2.75, 3.05) is 18.4 Å². The predicted molar refractivity (Wildman–Crippen MR) is 112 cm³/mol. The summed E-state index contributed by atoms with van der Waals surface area (Å²) >= 11 is 0. The summed E-state index contributed by atoms with van der Waals surface area (Å²) in [5, 5.41) is 5.98. The molecule has 0 fully saturated rings. The Morgan fingerprint density at radius 2 is 1.72 bits per heavy atom. The topological polar surface area (TPSA) is 66.9 Å². The average molecular weight is 392 g/mol. The van der Waals surface area contributed by atoms with Crippen molar-refractivity contribution >= 4 is 11.9 Å². The lowest BCUT2D eigenvalue weighted by atomic mass is 10.1. The molecule has 1 amide bonds. The van der Waals surface area contributed by atoms with Crippen LogP contribution in [0.15, 0.2) is 60.7 Å². The van der Waals surface area contributed by atoms with E-state index in [0.29, 0.717) is 42.4 Å². The normalized spacial score (nSPS) is 10.6. The van der Waals surface area contributed by atoms with Gasteiger partial charge in [0.2, 0.25) is 5.95 Å². The summed E-state index contributed by atoms with van der Waals surface area (Å²) < 4.78 is 13.7. The highest BCUT2D eigenvalue weighted by Crippen LogP contribution is 2.09. The van der Waals surface area contributed by atoms with E-state index in [9.17, 15) is 9.18 Å². The van der Waals surface area contributed by atoms with Gasteiger partial charge in [0.15, 0.2) is 0 Å². The minimum absolute atomic E-state index is 0.222. The second kappa shape index (κ2) is 10.3. The van der Waals surface area contributed by atoms with Gasteiger partial charge in [-0.1, -0.05) is 48.5 Å². The van der Waals surface area contributed by atoms with Crippen LogP contribution in [-0.2, 0) is 12.8 Å². The molecule has 150 valence electrons. The lowest BCUT2D eigenvalue weighted by Crippen LogP contribution is -2.26. The molecule has 0 aliphatic carbocycles. The Kier molecular flexibility index (Phi) is 7.28. The number of nitrogens with zero attached hydrogens (tertiary/aromatic N) is 2. The molecular formula is C23H25FN4O. The molecule has 2 aromatic carbocycles. The van der Waals surface area contributed by atoms with Gasteiger partial charge in [-0.05, 0) is 49.4 Å². The Morgan fingerprint density at radius 1 is 0.966 bits per heavy atom. The van der Waals surface area contributed by atoms with Crippen molar-refractivity contribution < 1.29 is 9.18 Å². The number of halogens is 1. The minimum Gasteiger partial charge on any atom is -0.354 e. The van der Waals surface area contributed by atoms with E-state index in [-0.39, 0.29) is 11.7 Å². The highest BCUT2D eigenvalue weighted by molar-refractivity contribution is 5.92. The Morgan fingerprint density at radius 3 is 2.52 bits per heavy atom. The number of rotatable bonds is 9. The summed E-state index contributed by atoms with van der Waals surface area (Å²) in [6.45, 7) is 2.87. The van der Waals surface area contributed by atoms with Gasteiger partial charge in [0, 0.05) is 18.8 Å². The first kappa shape index (κ1) is 20.5. The first-order valence-corrected chi connectivity index (χ1v) is 9.77. The first-order chi connectivity index (χ1) is 14.1. The molecule has 29 heavy (non-hydrogen) atoms. The summed E-state index contributed by atoms with van der Waals surface area (Å²) in [6, 6.07) is 18.5. The van der Waals surface area contributed by atoms with Gasteiger partial charge < -0.3 is 10.6 Å². The van der Waals surface area contributed by atoms with E-state index in [0.717, 1.165) is 12.8 Å². The smallest absolute Gasteiger partial charge is 0.270 e. The second-order valence-corrected chi connectivity index (χ2v) is 6.83. The molecule has 5 nitrogen and oxygen atoms in total. The van der Waals surface area contributed by atoms with Crippen molar-refractivity contribution in [2.45, 2.75) is 26.2 Å². The molecule has 0 aliphatic rings. The number of amides is 1. The maximum atomic E-state index is 13.7. The lowest BCUT2D eigenvalue weighted by molar-refractivity contribution is 0.0948. The van der Waals surface area contributed by atoms with Crippen molar-refractivity contribution in [3.63, 3.8) is 0 Å². The molecule has 0 saturated heterocycles. The highest BCUT2D eigenvalue weighted by Gasteiger charge is 2.10. The van der Waals surface area contributed by atoms with Crippen molar-refractivity contribution in [3.8, 4) is 0 Å². The zero-order valence-corrected chi connectivity index (χ0v) is 16.5. The first-order valence-electron chi connectivity index (χ1n) is 9.77. The molecule has 0 aliphatic heterocycles. The van der Waals surface area contributed by atoms with Crippen LogP contribution < -0.4 is 10.6 Å². The zero-order valence-electron chi connectivity index (χ0n) is 16.5. The maximum absolute atomic E-state index is 13.7. The molecular weight excluding hydrogens is 367 g/mol.